The van der Waals surface area contributed by atoms with Gasteiger partial charge in [-0.3, -0.25) is 19.3 Å². The Labute approximate surface area is 247 Å². The molecular formula is C31H33N5O7. The van der Waals surface area contributed by atoms with Crippen molar-refractivity contribution in [2.45, 2.75) is 31.0 Å². The van der Waals surface area contributed by atoms with E-state index >= 15 is 0 Å². The van der Waals surface area contributed by atoms with E-state index in [0.717, 1.165) is 5.56 Å². The number of carbonyl (C=O) groups excluding carboxylic acids is 3. The minimum Gasteiger partial charge on any atom is -0.510 e. The number of Topliss-reactive ketones (excluding diaryl/α,β-unsaturated/α-hetero) is 2. The topological polar surface area (TPSA) is 200 Å². The predicted octanol–water partition coefficient (Wildman–Crippen LogP) is 1.67. The van der Waals surface area contributed by atoms with Crippen LogP contribution in [0.1, 0.15) is 33.5 Å². The maximum atomic E-state index is 14.1. The van der Waals surface area contributed by atoms with E-state index in [-0.39, 0.29) is 42.0 Å². The number of hydrogen-bond donors (Lipinski definition) is 6. The number of hydrogen-bond acceptors (Lipinski definition) is 11. The van der Waals surface area contributed by atoms with Gasteiger partial charge in [0.25, 0.3) is 5.91 Å². The van der Waals surface area contributed by atoms with Crippen LogP contribution in [-0.2, 0) is 22.6 Å². The molecule has 0 fully saturated rings. The zero-order chi connectivity index (χ0) is 31.5. The molecule has 0 aliphatic heterocycles. The molecule has 0 heterocycles. The summed E-state index contributed by atoms with van der Waals surface area (Å²) in [6.45, 7) is 0.267. The van der Waals surface area contributed by atoms with E-state index in [1.165, 1.54) is 4.90 Å². The molecule has 43 heavy (non-hydrogen) atoms. The SMILES string of the molecule is CN(C)c1cc(NCc2ccc(C#N)cc2)c(O)c2c1CC1CC3C(N(C)C)C(O)=C(C(N)=O)C(=O)C3(O)C(O)=C1C2=O. The Morgan fingerprint density at radius 3 is 2.35 bits per heavy atom. The third-order valence-corrected chi connectivity index (χ3v) is 8.75. The average Bonchev–Trinajstić information content (AvgIpc) is 2.94. The fraction of sp³-hybridized carbons (Fsp3) is 0.355. The molecule has 7 N–H and O–H groups in total. The minimum absolute atomic E-state index is 0.0120. The molecule has 12 heteroatoms. The zero-order valence-corrected chi connectivity index (χ0v) is 24.2. The number of nitrogens with two attached hydrogens (primary N) is 1. The van der Waals surface area contributed by atoms with Crippen LogP contribution in [0.15, 0.2) is 53.0 Å². The predicted molar refractivity (Wildman–Crippen MR) is 156 cm³/mol. The van der Waals surface area contributed by atoms with Gasteiger partial charge in [0.15, 0.2) is 11.4 Å². The summed E-state index contributed by atoms with van der Waals surface area (Å²) in [4.78, 5) is 43.1. The zero-order valence-electron chi connectivity index (χ0n) is 24.2. The Balaban J connectivity index is 1.63. The van der Waals surface area contributed by atoms with Crippen molar-refractivity contribution in [3.63, 3.8) is 0 Å². The van der Waals surface area contributed by atoms with E-state index in [1.807, 2.05) is 0 Å². The molecule has 3 aliphatic carbocycles. The van der Waals surface area contributed by atoms with Gasteiger partial charge in [-0.15, -0.1) is 0 Å². The van der Waals surface area contributed by atoms with Crippen molar-refractivity contribution in [3.8, 4) is 11.8 Å². The number of allylic oxidation sites excluding steroid dienone is 1. The largest absolute Gasteiger partial charge is 0.510 e. The molecule has 3 aliphatic rings. The number of carbonyl (C=O) groups is 3. The number of anilines is 2. The molecule has 0 bridgehead atoms. The van der Waals surface area contributed by atoms with Gasteiger partial charge in [0, 0.05) is 37.8 Å². The lowest BCUT2D eigenvalue weighted by Gasteiger charge is -2.50. The number of benzene rings is 2. The maximum Gasteiger partial charge on any atom is 0.255 e. The molecule has 4 atom stereocenters. The highest BCUT2D eigenvalue weighted by atomic mass is 16.3. The lowest BCUT2D eigenvalue weighted by atomic mass is 9.58. The number of fused-ring (bicyclic) bond motifs is 3. The second-order valence-electron chi connectivity index (χ2n) is 11.7. The lowest BCUT2D eigenvalue weighted by Crippen LogP contribution is -2.63. The van der Waals surface area contributed by atoms with E-state index < -0.39 is 58.0 Å². The molecule has 224 valence electrons. The summed E-state index contributed by atoms with van der Waals surface area (Å²) in [5.74, 6) is -6.94. The number of rotatable bonds is 6. The number of aliphatic hydroxyl groups excluding tert-OH is 2. The number of phenolic OH excluding ortho intramolecular Hbond substituents is 1. The normalized spacial score (nSPS) is 24.7. The molecule has 0 aromatic heterocycles. The lowest BCUT2D eigenvalue weighted by molar-refractivity contribution is -0.148. The standard InChI is InChI=1S/C31H33N5O7/c1-35(2)20-11-19(34-13-15-7-5-14(12-32)6-8-15)25(37)22-17(20)9-16-10-18-24(36(3)4)27(39)23(30(33)42)29(41)31(18,43)28(40)21(16)26(22)38/h5-8,11,16,18,24,34,37,39-40,43H,9-10,13H2,1-4H3,(H2,33,42). The van der Waals surface area contributed by atoms with Crippen LogP contribution in [0.4, 0.5) is 11.4 Å². The van der Waals surface area contributed by atoms with Crippen molar-refractivity contribution in [2.24, 2.45) is 17.6 Å². The molecule has 0 spiro atoms. The summed E-state index contributed by atoms with van der Waals surface area (Å²) in [5.41, 5.74) is 4.30. The second-order valence-corrected chi connectivity index (χ2v) is 11.7. The van der Waals surface area contributed by atoms with Crippen LogP contribution in [0.25, 0.3) is 0 Å². The van der Waals surface area contributed by atoms with Crippen molar-refractivity contribution < 1.29 is 34.8 Å². The van der Waals surface area contributed by atoms with E-state index in [0.29, 0.717) is 16.8 Å². The van der Waals surface area contributed by atoms with Gasteiger partial charge in [0.2, 0.25) is 5.78 Å². The molecule has 1 amide bonds. The van der Waals surface area contributed by atoms with Gasteiger partial charge in [-0.1, -0.05) is 12.1 Å². The first-order valence-corrected chi connectivity index (χ1v) is 13.7. The van der Waals surface area contributed by atoms with E-state index in [1.54, 1.807) is 63.4 Å². The summed E-state index contributed by atoms with van der Waals surface area (Å²) in [5, 5.41) is 57.8. The summed E-state index contributed by atoms with van der Waals surface area (Å²) >= 11 is 0. The summed E-state index contributed by atoms with van der Waals surface area (Å²) < 4.78 is 0. The molecule has 2 aromatic rings. The highest BCUT2D eigenvalue weighted by Crippen LogP contribution is 2.53. The molecule has 2 aromatic carbocycles. The van der Waals surface area contributed by atoms with Gasteiger partial charge < -0.3 is 36.4 Å². The van der Waals surface area contributed by atoms with Crippen LogP contribution >= 0.6 is 0 Å². The summed E-state index contributed by atoms with van der Waals surface area (Å²) in [7, 11) is 6.75. The minimum atomic E-state index is -2.70. The van der Waals surface area contributed by atoms with Crippen LogP contribution in [0.2, 0.25) is 0 Å². The number of aromatic hydroxyl groups is 1. The van der Waals surface area contributed by atoms with Crippen LogP contribution in [0.5, 0.6) is 5.75 Å². The highest BCUT2D eigenvalue weighted by Gasteiger charge is 2.63. The van der Waals surface area contributed by atoms with Crippen molar-refractivity contribution >= 4 is 28.8 Å². The van der Waals surface area contributed by atoms with Gasteiger partial charge in [0.05, 0.1) is 28.9 Å². The summed E-state index contributed by atoms with van der Waals surface area (Å²) in [6.07, 6.45) is 0.198. The van der Waals surface area contributed by atoms with Gasteiger partial charge in [-0.2, -0.15) is 5.26 Å². The third kappa shape index (κ3) is 4.40. The number of nitriles is 1. The number of phenols is 1. The van der Waals surface area contributed by atoms with Crippen molar-refractivity contribution in [1.29, 1.82) is 5.26 Å². The first-order valence-electron chi connectivity index (χ1n) is 13.7. The van der Waals surface area contributed by atoms with Crippen molar-refractivity contribution in [1.82, 2.24) is 4.90 Å². The van der Waals surface area contributed by atoms with Crippen molar-refractivity contribution in [3.05, 3.63) is 75.3 Å². The van der Waals surface area contributed by atoms with Gasteiger partial charge in [0.1, 0.15) is 22.8 Å². The van der Waals surface area contributed by atoms with Crippen LogP contribution in [0, 0.1) is 23.2 Å². The molecule has 4 unspecified atom stereocenters. The number of nitrogens with one attached hydrogen (secondary N) is 1. The summed E-state index contributed by atoms with van der Waals surface area (Å²) in [6, 6.07) is 9.59. The number of primary amides is 1. The second kappa shape index (κ2) is 10.4. The van der Waals surface area contributed by atoms with E-state index in [2.05, 4.69) is 11.4 Å². The first-order chi connectivity index (χ1) is 20.2. The van der Waals surface area contributed by atoms with Crippen LogP contribution < -0.4 is 16.0 Å². The number of aliphatic hydroxyl groups is 3. The van der Waals surface area contributed by atoms with Gasteiger partial charge in [-0.05, 0) is 62.2 Å². The number of nitrogens with zero attached hydrogens (tertiary/aromatic N) is 3. The van der Waals surface area contributed by atoms with Crippen molar-refractivity contribution in [2.75, 3.05) is 38.4 Å². The third-order valence-electron chi connectivity index (χ3n) is 8.75. The highest BCUT2D eigenvalue weighted by molar-refractivity contribution is 6.25. The molecule has 12 nitrogen and oxygen atoms in total. The Bertz CT molecular complexity index is 1670. The maximum absolute atomic E-state index is 14.1. The first kappa shape index (κ1) is 29.6. The van der Waals surface area contributed by atoms with Gasteiger partial charge >= 0.3 is 0 Å². The molecule has 0 radical (unpaired) electrons. The Morgan fingerprint density at radius 1 is 1.14 bits per heavy atom. The fourth-order valence-corrected chi connectivity index (χ4v) is 6.73. The number of likely N-dealkylation sites (N-methyl/N-ethyl adjacent to an activating group) is 1. The Morgan fingerprint density at radius 2 is 1.79 bits per heavy atom. The Hall–Kier alpha value is -4.86. The van der Waals surface area contributed by atoms with E-state index in [4.69, 9.17) is 11.0 Å². The monoisotopic (exact) mass is 587 g/mol. The quantitative estimate of drug-likeness (QED) is 0.212. The fourth-order valence-electron chi connectivity index (χ4n) is 6.73. The number of amides is 1. The van der Waals surface area contributed by atoms with Gasteiger partial charge in [-0.25, -0.2) is 0 Å². The Kier molecular flexibility index (Phi) is 7.20. The van der Waals surface area contributed by atoms with Crippen LogP contribution in [-0.4, -0.2) is 82.6 Å². The molecule has 5 rings (SSSR count). The molecule has 0 saturated carbocycles. The molecular weight excluding hydrogens is 554 g/mol. The smallest absolute Gasteiger partial charge is 0.255 e. The average molecular weight is 588 g/mol. The van der Waals surface area contributed by atoms with E-state index in [9.17, 15) is 34.8 Å². The number of ketones is 2. The molecule has 0 saturated heterocycles. The van der Waals surface area contributed by atoms with Crippen LogP contribution in [0.3, 0.4) is 0 Å².